The van der Waals surface area contributed by atoms with E-state index in [1.807, 2.05) is 11.9 Å². The second kappa shape index (κ2) is 4.96. The van der Waals surface area contributed by atoms with Crippen molar-refractivity contribution in [1.82, 2.24) is 15.0 Å². The van der Waals surface area contributed by atoms with Crippen LogP contribution in [-0.4, -0.2) is 35.1 Å². The third-order valence-corrected chi connectivity index (χ3v) is 3.24. The molecule has 0 saturated heterocycles. The van der Waals surface area contributed by atoms with Crippen molar-refractivity contribution < 1.29 is 9.53 Å². The molecular weight excluding hydrogens is 240 g/mol. The number of H-pyrrole nitrogens is 1. The van der Waals surface area contributed by atoms with Crippen molar-refractivity contribution in [2.75, 3.05) is 19.1 Å². The molecule has 17 heavy (non-hydrogen) atoms. The summed E-state index contributed by atoms with van der Waals surface area (Å²) in [7, 11) is 3.25. The molecule has 0 atom stereocenters. The van der Waals surface area contributed by atoms with Crippen LogP contribution in [0.25, 0.3) is 0 Å². The summed E-state index contributed by atoms with van der Waals surface area (Å²) in [4.78, 5) is 25.0. The molecule has 0 aliphatic heterocycles. The molecule has 0 radical (unpaired) electrons. The maximum Gasteiger partial charge on any atom is 0.349 e. The van der Waals surface area contributed by atoms with Gasteiger partial charge in [0.25, 0.3) is 0 Å². The van der Waals surface area contributed by atoms with Crippen molar-refractivity contribution in [3.8, 4) is 0 Å². The van der Waals surface area contributed by atoms with Crippen LogP contribution >= 0.6 is 11.3 Å². The summed E-state index contributed by atoms with van der Waals surface area (Å²) < 4.78 is 4.63. The fourth-order valence-corrected chi connectivity index (χ4v) is 2.11. The number of ether oxygens (including phenoxy) is 1. The number of imidazole rings is 1. The topological polar surface area (TPSA) is 71.1 Å². The van der Waals surface area contributed by atoms with Crippen molar-refractivity contribution >= 4 is 22.4 Å². The van der Waals surface area contributed by atoms with Gasteiger partial charge in [0.15, 0.2) is 5.13 Å². The van der Waals surface area contributed by atoms with E-state index in [1.165, 1.54) is 24.6 Å². The summed E-state index contributed by atoms with van der Waals surface area (Å²) in [5, 5.41) is 0.752. The number of nitrogens with zero attached hydrogens (tertiary/aromatic N) is 3. The monoisotopic (exact) mass is 252 g/mol. The minimum absolute atomic E-state index is 0.361. The summed E-state index contributed by atoms with van der Waals surface area (Å²) in [6.07, 6.45) is 4.99. The van der Waals surface area contributed by atoms with Crippen molar-refractivity contribution in [3.05, 3.63) is 29.3 Å². The molecule has 0 bridgehead atoms. The third kappa shape index (κ3) is 2.62. The number of aromatic nitrogens is 3. The van der Waals surface area contributed by atoms with Crippen LogP contribution < -0.4 is 4.90 Å². The Bertz CT molecular complexity index is 494. The third-order valence-electron chi connectivity index (χ3n) is 2.15. The zero-order valence-electron chi connectivity index (χ0n) is 9.51. The highest BCUT2D eigenvalue weighted by atomic mass is 32.1. The lowest BCUT2D eigenvalue weighted by Crippen LogP contribution is -2.16. The number of rotatable bonds is 4. The molecular formula is C10H12N4O2S. The number of aromatic amines is 1. The number of methoxy groups -OCH3 is 1. The molecule has 2 heterocycles. The standard InChI is InChI=1S/C10H12N4O2S/c1-14(6-8-11-3-4-12-8)10-13-5-7(17-10)9(15)16-2/h3-5H,6H2,1-2H3,(H,11,12). The first-order chi connectivity index (χ1) is 8.20. The van der Waals surface area contributed by atoms with Crippen LogP contribution in [0.2, 0.25) is 0 Å². The number of anilines is 1. The first-order valence-corrected chi connectivity index (χ1v) is 5.76. The minimum Gasteiger partial charge on any atom is -0.465 e. The van der Waals surface area contributed by atoms with Gasteiger partial charge in [-0.3, -0.25) is 0 Å². The summed E-state index contributed by atoms with van der Waals surface area (Å²) in [6.45, 7) is 0.612. The van der Waals surface area contributed by atoms with E-state index in [-0.39, 0.29) is 5.97 Å². The number of nitrogens with one attached hydrogen (secondary N) is 1. The molecule has 0 aliphatic carbocycles. The first kappa shape index (κ1) is 11.6. The van der Waals surface area contributed by atoms with E-state index in [0.29, 0.717) is 11.4 Å². The van der Waals surface area contributed by atoms with Crippen molar-refractivity contribution in [2.45, 2.75) is 6.54 Å². The van der Waals surface area contributed by atoms with Crippen LogP contribution in [0.4, 0.5) is 5.13 Å². The van der Waals surface area contributed by atoms with Gasteiger partial charge in [-0.1, -0.05) is 11.3 Å². The second-order valence-corrected chi connectivity index (χ2v) is 4.40. The van der Waals surface area contributed by atoms with Gasteiger partial charge in [0.2, 0.25) is 0 Å². The van der Waals surface area contributed by atoms with E-state index < -0.39 is 0 Å². The molecule has 0 unspecified atom stereocenters. The lowest BCUT2D eigenvalue weighted by Gasteiger charge is -2.13. The molecule has 0 fully saturated rings. The maximum absolute atomic E-state index is 11.3. The zero-order valence-corrected chi connectivity index (χ0v) is 10.3. The number of esters is 1. The second-order valence-electron chi connectivity index (χ2n) is 3.39. The predicted molar refractivity (Wildman–Crippen MR) is 64.1 cm³/mol. The van der Waals surface area contributed by atoms with E-state index >= 15 is 0 Å². The van der Waals surface area contributed by atoms with E-state index in [0.717, 1.165) is 11.0 Å². The fourth-order valence-electron chi connectivity index (χ4n) is 1.31. The molecule has 0 saturated carbocycles. The van der Waals surface area contributed by atoms with Gasteiger partial charge in [-0.05, 0) is 0 Å². The van der Waals surface area contributed by atoms with Gasteiger partial charge in [-0.25, -0.2) is 14.8 Å². The summed E-state index contributed by atoms with van der Waals surface area (Å²) in [5.74, 6) is 0.488. The van der Waals surface area contributed by atoms with Crippen molar-refractivity contribution in [2.24, 2.45) is 0 Å². The van der Waals surface area contributed by atoms with E-state index in [2.05, 4.69) is 19.7 Å². The number of hydrogen-bond donors (Lipinski definition) is 1. The average molecular weight is 252 g/mol. The van der Waals surface area contributed by atoms with Crippen LogP contribution in [-0.2, 0) is 11.3 Å². The molecule has 2 rings (SSSR count). The predicted octanol–water partition coefficient (Wildman–Crippen LogP) is 1.29. The Hall–Kier alpha value is -1.89. The molecule has 1 N–H and O–H groups in total. The Morgan fingerprint density at radius 1 is 1.59 bits per heavy atom. The number of thiazole rings is 1. The van der Waals surface area contributed by atoms with Gasteiger partial charge in [-0.15, -0.1) is 0 Å². The SMILES string of the molecule is COC(=O)c1cnc(N(C)Cc2ncc[nH]2)s1. The Kier molecular flexibility index (Phi) is 3.38. The van der Waals surface area contributed by atoms with E-state index in [4.69, 9.17) is 0 Å². The average Bonchev–Trinajstić information content (AvgIpc) is 2.98. The number of hydrogen-bond acceptors (Lipinski definition) is 6. The highest BCUT2D eigenvalue weighted by Gasteiger charge is 2.13. The molecule has 0 aromatic carbocycles. The molecule has 2 aromatic heterocycles. The number of carbonyl (C=O) groups excluding carboxylic acids is 1. The molecule has 90 valence electrons. The van der Waals surface area contributed by atoms with Gasteiger partial charge >= 0.3 is 5.97 Å². The fraction of sp³-hybridized carbons (Fsp3) is 0.300. The Morgan fingerprint density at radius 2 is 2.41 bits per heavy atom. The van der Waals surface area contributed by atoms with Gasteiger partial charge in [0.1, 0.15) is 10.7 Å². The molecule has 0 aliphatic rings. The van der Waals surface area contributed by atoms with Crippen LogP contribution in [0.3, 0.4) is 0 Å². The van der Waals surface area contributed by atoms with Crippen LogP contribution in [0, 0.1) is 0 Å². The normalized spacial score (nSPS) is 10.2. The van der Waals surface area contributed by atoms with Gasteiger partial charge in [0, 0.05) is 19.4 Å². The van der Waals surface area contributed by atoms with Gasteiger partial charge in [-0.2, -0.15) is 0 Å². The molecule has 0 amide bonds. The van der Waals surface area contributed by atoms with E-state index in [9.17, 15) is 4.79 Å². The van der Waals surface area contributed by atoms with Crippen LogP contribution in [0.1, 0.15) is 15.5 Å². The quantitative estimate of drug-likeness (QED) is 0.830. The number of carbonyl (C=O) groups is 1. The molecule has 2 aromatic rings. The van der Waals surface area contributed by atoms with Gasteiger partial charge < -0.3 is 14.6 Å². The Morgan fingerprint density at radius 3 is 3.06 bits per heavy atom. The van der Waals surface area contributed by atoms with Gasteiger partial charge in [0.05, 0.1) is 19.9 Å². The lowest BCUT2D eigenvalue weighted by molar-refractivity contribution is 0.0606. The molecule has 7 heteroatoms. The summed E-state index contributed by atoms with van der Waals surface area (Å²) in [6, 6.07) is 0. The first-order valence-electron chi connectivity index (χ1n) is 4.94. The minimum atomic E-state index is -0.361. The Labute approximate surface area is 102 Å². The highest BCUT2D eigenvalue weighted by molar-refractivity contribution is 7.17. The smallest absolute Gasteiger partial charge is 0.349 e. The highest BCUT2D eigenvalue weighted by Crippen LogP contribution is 2.22. The summed E-state index contributed by atoms with van der Waals surface area (Å²) >= 11 is 1.29. The largest absolute Gasteiger partial charge is 0.465 e. The molecule has 6 nitrogen and oxygen atoms in total. The Balaban J connectivity index is 2.07. The zero-order chi connectivity index (χ0) is 12.3. The maximum atomic E-state index is 11.3. The van der Waals surface area contributed by atoms with Crippen LogP contribution in [0.15, 0.2) is 18.6 Å². The molecule has 0 spiro atoms. The lowest BCUT2D eigenvalue weighted by atomic mass is 10.5. The van der Waals surface area contributed by atoms with E-state index in [1.54, 1.807) is 12.4 Å². The van der Waals surface area contributed by atoms with Crippen molar-refractivity contribution in [3.63, 3.8) is 0 Å². The summed E-state index contributed by atoms with van der Waals surface area (Å²) in [5.41, 5.74) is 0. The van der Waals surface area contributed by atoms with Crippen molar-refractivity contribution in [1.29, 1.82) is 0 Å². The van der Waals surface area contributed by atoms with Crippen LogP contribution in [0.5, 0.6) is 0 Å².